The molecule has 30 heavy (non-hydrogen) atoms. The number of aliphatic carboxylic acids is 2. The number of pyridine rings is 1. The standard InChI is InChI=1S/C17H23N3O2.C4H4O4/c1-20(2,21)13-12-19(17-6-4-5-11-18-17)14-15-7-9-16(22-3)10-8-15;5-3(6)1-2-4(7)8/h4-11H,12-14H2,1-3H3;1-2H,(H,5,6)(H,7,8)/b;2-1-. The van der Waals surface area contributed by atoms with E-state index in [2.05, 4.69) is 9.88 Å². The maximum Gasteiger partial charge on any atom is 0.328 e. The highest BCUT2D eigenvalue weighted by atomic mass is 16.5. The van der Waals surface area contributed by atoms with Crippen molar-refractivity contribution in [3.05, 3.63) is 71.6 Å². The molecule has 0 amide bonds. The summed E-state index contributed by atoms with van der Waals surface area (Å²) in [4.78, 5) is 25.6. The lowest BCUT2D eigenvalue weighted by molar-refractivity contribution is -0.838. The highest BCUT2D eigenvalue weighted by Crippen LogP contribution is 2.17. The number of hydrogen-bond donors (Lipinski definition) is 2. The quantitative estimate of drug-likeness (QED) is 0.362. The number of carboxylic acids is 2. The molecule has 1 aromatic heterocycles. The van der Waals surface area contributed by atoms with Crippen LogP contribution in [0.2, 0.25) is 0 Å². The van der Waals surface area contributed by atoms with Crippen LogP contribution in [0, 0.1) is 5.21 Å². The van der Waals surface area contributed by atoms with Crippen LogP contribution in [0.3, 0.4) is 0 Å². The van der Waals surface area contributed by atoms with Gasteiger partial charge in [-0.3, -0.25) is 0 Å². The molecule has 0 saturated heterocycles. The van der Waals surface area contributed by atoms with Gasteiger partial charge in [0, 0.05) is 24.9 Å². The molecule has 0 aliphatic rings. The Labute approximate surface area is 175 Å². The van der Waals surface area contributed by atoms with Crippen LogP contribution in [0.25, 0.3) is 0 Å². The average molecular weight is 417 g/mol. The Balaban J connectivity index is 0.000000479. The van der Waals surface area contributed by atoms with E-state index in [0.29, 0.717) is 31.8 Å². The van der Waals surface area contributed by atoms with Crippen molar-refractivity contribution in [2.45, 2.75) is 6.54 Å². The number of nitrogens with zero attached hydrogens (tertiary/aromatic N) is 3. The lowest BCUT2D eigenvalue weighted by Gasteiger charge is -2.36. The first-order valence-electron chi connectivity index (χ1n) is 9.07. The van der Waals surface area contributed by atoms with Crippen LogP contribution in [0.5, 0.6) is 5.75 Å². The van der Waals surface area contributed by atoms with Gasteiger partial charge in [0.15, 0.2) is 0 Å². The number of benzene rings is 1. The number of aromatic nitrogens is 1. The van der Waals surface area contributed by atoms with E-state index >= 15 is 0 Å². The van der Waals surface area contributed by atoms with Gasteiger partial charge in [0.1, 0.15) is 11.6 Å². The zero-order chi connectivity index (χ0) is 22.6. The highest BCUT2D eigenvalue weighted by Gasteiger charge is 2.12. The minimum Gasteiger partial charge on any atom is -0.633 e. The number of ether oxygens (including phenoxy) is 1. The molecule has 0 bridgehead atoms. The molecule has 0 unspecified atom stereocenters. The Morgan fingerprint density at radius 2 is 1.70 bits per heavy atom. The minimum absolute atomic E-state index is 0.314. The van der Waals surface area contributed by atoms with E-state index in [-0.39, 0.29) is 4.65 Å². The van der Waals surface area contributed by atoms with Crippen LogP contribution in [0.15, 0.2) is 60.8 Å². The van der Waals surface area contributed by atoms with E-state index in [1.807, 2.05) is 42.5 Å². The van der Waals surface area contributed by atoms with Crippen LogP contribution in [0.4, 0.5) is 5.82 Å². The van der Waals surface area contributed by atoms with Gasteiger partial charge in [-0.25, -0.2) is 14.6 Å². The molecular weight excluding hydrogens is 390 g/mol. The fraction of sp³-hybridized carbons (Fsp3) is 0.286. The van der Waals surface area contributed by atoms with Crippen LogP contribution < -0.4 is 9.64 Å². The second kappa shape index (κ2) is 12.2. The van der Waals surface area contributed by atoms with Crippen molar-refractivity contribution in [2.24, 2.45) is 0 Å². The summed E-state index contributed by atoms with van der Waals surface area (Å²) in [7, 11) is 4.97. The van der Waals surface area contributed by atoms with Gasteiger partial charge in [-0.05, 0) is 29.8 Å². The number of anilines is 1. The van der Waals surface area contributed by atoms with Gasteiger partial charge in [0.05, 0.1) is 34.3 Å². The Morgan fingerprint density at radius 1 is 1.10 bits per heavy atom. The monoisotopic (exact) mass is 417 g/mol. The Morgan fingerprint density at radius 3 is 2.13 bits per heavy atom. The second-order valence-electron chi connectivity index (χ2n) is 6.76. The van der Waals surface area contributed by atoms with E-state index in [9.17, 15) is 14.8 Å². The summed E-state index contributed by atoms with van der Waals surface area (Å²) < 4.78 is 4.87. The van der Waals surface area contributed by atoms with E-state index in [1.54, 1.807) is 27.4 Å². The molecule has 0 spiro atoms. The number of methoxy groups -OCH3 is 1. The van der Waals surface area contributed by atoms with Crippen LogP contribution >= 0.6 is 0 Å². The Kier molecular flexibility index (Phi) is 10.0. The summed E-state index contributed by atoms with van der Waals surface area (Å²) in [6.07, 6.45) is 2.89. The molecule has 1 heterocycles. The first kappa shape index (κ1) is 24.6. The Hall–Kier alpha value is -3.43. The third kappa shape index (κ3) is 10.8. The largest absolute Gasteiger partial charge is 0.633 e. The predicted octanol–water partition coefficient (Wildman–Crippen LogP) is 2.38. The van der Waals surface area contributed by atoms with E-state index in [4.69, 9.17) is 14.9 Å². The third-order valence-electron chi connectivity index (χ3n) is 3.78. The molecule has 0 aliphatic heterocycles. The van der Waals surface area contributed by atoms with Crippen LogP contribution in [0.1, 0.15) is 5.56 Å². The van der Waals surface area contributed by atoms with Crippen molar-refractivity contribution in [1.82, 2.24) is 4.98 Å². The van der Waals surface area contributed by atoms with Crippen molar-refractivity contribution >= 4 is 17.8 Å². The average Bonchev–Trinajstić information content (AvgIpc) is 2.70. The fourth-order valence-electron chi connectivity index (χ4n) is 2.27. The van der Waals surface area contributed by atoms with E-state index in [0.717, 1.165) is 17.1 Å². The molecule has 2 rings (SSSR count). The first-order chi connectivity index (χ1) is 14.1. The van der Waals surface area contributed by atoms with Gasteiger partial charge in [0.2, 0.25) is 0 Å². The molecule has 0 fully saturated rings. The summed E-state index contributed by atoms with van der Waals surface area (Å²) >= 11 is 0. The molecule has 0 aliphatic carbocycles. The molecule has 2 aromatic rings. The predicted molar refractivity (Wildman–Crippen MR) is 113 cm³/mol. The normalized spacial score (nSPS) is 10.8. The van der Waals surface area contributed by atoms with Gasteiger partial charge in [0.25, 0.3) is 0 Å². The van der Waals surface area contributed by atoms with Crippen molar-refractivity contribution in [1.29, 1.82) is 0 Å². The molecule has 9 nitrogen and oxygen atoms in total. The van der Waals surface area contributed by atoms with Gasteiger partial charge >= 0.3 is 11.9 Å². The smallest absolute Gasteiger partial charge is 0.328 e. The van der Waals surface area contributed by atoms with Crippen LogP contribution in [-0.2, 0) is 16.1 Å². The maximum absolute atomic E-state index is 11.8. The molecule has 9 heteroatoms. The van der Waals surface area contributed by atoms with Crippen molar-refractivity contribution in [3.63, 3.8) is 0 Å². The zero-order valence-electron chi connectivity index (χ0n) is 17.3. The minimum atomic E-state index is -1.26. The lowest BCUT2D eigenvalue weighted by Crippen LogP contribution is -2.40. The summed E-state index contributed by atoms with van der Waals surface area (Å²) in [6.45, 7) is 1.87. The summed E-state index contributed by atoms with van der Waals surface area (Å²) in [5.41, 5.74) is 1.16. The molecule has 2 N–H and O–H groups in total. The number of rotatable bonds is 9. The van der Waals surface area contributed by atoms with Crippen LogP contribution in [-0.4, -0.2) is 66.1 Å². The SMILES string of the molecule is COc1ccc(CN(CC[N+](C)(C)[O-])c2ccccn2)cc1.O=C(O)/C=C\C(=O)O. The summed E-state index contributed by atoms with van der Waals surface area (Å²) in [6, 6.07) is 13.8. The first-order valence-corrected chi connectivity index (χ1v) is 9.07. The van der Waals surface area contributed by atoms with Gasteiger partial charge in [-0.15, -0.1) is 0 Å². The fourth-order valence-corrected chi connectivity index (χ4v) is 2.27. The maximum atomic E-state index is 11.8. The van der Waals surface area contributed by atoms with Crippen molar-refractivity contribution in [2.75, 3.05) is 39.2 Å². The zero-order valence-corrected chi connectivity index (χ0v) is 17.3. The number of hydroxylamine groups is 3. The molecule has 1 aromatic carbocycles. The van der Waals surface area contributed by atoms with E-state index in [1.165, 1.54) is 0 Å². The van der Waals surface area contributed by atoms with Gasteiger partial charge in [-0.2, -0.15) is 0 Å². The summed E-state index contributed by atoms with van der Waals surface area (Å²) in [5, 5.41) is 27.5. The molecular formula is C21H27N3O6. The Bertz CT molecular complexity index is 801. The summed E-state index contributed by atoms with van der Waals surface area (Å²) in [5.74, 6) is -0.794. The van der Waals surface area contributed by atoms with E-state index < -0.39 is 11.9 Å². The number of likely N-dealkylation sites (N-methyl/N-ethyl adjacent to an activating group) is 1. The molecule has 0 atom stereocenters. The lowest BCUT2D eigenvalue weighted by atomic mass is 10.2. The third-order valence-corrected chi connectivity index (χ3v) is 3.78. The number of hydrogen-bond acceptors (Lipinski definition) is 6. The van der Waals surface area contributed by atoms with Crippen molar-refractivity contribution in [3.8, 4) is 5.75 Å². The second-order valence-corrected chi connectivity index (χ2v) is 6.76. The molecule has 0 saturated carbocycles. The van der Waals surface area contributed by atoms with Crippen molar-refractivity contribution < 1.29 is 29.2 Å². The highest BCUT2D eigenvalue weighted by molar-refractivity contribution is 5.89. The molecule has 0 radical (unpaired) electrons. The van der Waals surface area contributed by atoms with Gasteiger partial charge < -0.3 is 29.7 Å². The number of quaternary nitrogens is 1. The number of carboxylic acid groups (broad SMARTS) is 2. The van der Waals surface area contributed by atoms with Gasteiger partial charge in [-0.1, -0.05) is 18.2 Å². The number of carbonyl (C=O) groups is 2. The molecule has 162 valence electrons. The topological polar surface area (TPSA) is 123 Å².